The molecule has 0 aliphatic heterocycles. The minimum atomic E-state index is -0.785. The molecule has 0 bridgehead atoms. The lowest BCUT2D eigenvalue weighted by Gasteiger charge is -2.23. The van der Waals surface area contributed by atoms with Gasteiger partial charge in [0, 0.05) is 11.4 Å². The molecule has 0 aromatic carbocycles. The third-order valence-corrected chi connectivity index (χ3v) is 5.32. The zero-order chi connectivity index (χ0) is 14.8. The molecular formula is C15H21NO3S. The van der Waals surface area contributed by atoms with Gasteiger partial charge in [-0.2, -0.15) is 0 Å². The number of amides is 1. The Balaban J connectivity index is 2.02. The molecule has 2 rings (SSSR count). The van der Waals surface area contributed by atoms with E-state index in [0.717, 1.165) is 24.1 Å². The van der Waals surface area contributed by atoms with Gasteiger partial charge < -0.3 is 10.4 Å². The molecule has 0 atom stereocenters. The molecule has 110 valence electrons. The molecule has 1 aliphatic carbocycles. The Morgan fingerprint density at radius 1 is 1.40 bits per heavy atom. The number of carboxylic acid groups (broad SMARTS) is 1. The normalized spacial score (nSPS) is 17.1. The van der Waals surface area contributed by atoms with Crippen LogP contribution in [0.1, 0.15) is 52.7 Å². The molecule has 1 heterocycles. The van der Waals surface area contributed by atoms with Crippen LogP contribution in [0.25, 0.3) is 0 Å². The maximum Gasteiger partial charge on any atom is 0.311 e. The highest BCUT2D eigenvalue weighted by atomic mass is 32.1. The average molecular weight is 295 g/mol. The number of rotatable bonds is 5. The summed E-state index contributed by atoms with van der Waals surface area (Å²) >= 11 is 1.48. The van der Waals surface area contributed by atoms with Gasteiger partial charge in [0.1, 0.15) is 0 Å². The number of hydrogen-bond donors (Lipinski definition) is 2. The van der Waals surface area contributed by atoms with Gasteiger partial charge in [0.05, 0.1) is 10.3 Å². The topological polar surface area (TPSA) is 66.4 Å². The van der Waals surface area contributed by atoms with Crippen LogP contribution in [0.2, 0.25) is 0 Å². The second-order valence-corrected chi connectivity index (χ2v) is 6.78. The van der Waals surface area contributed by atoms with Gasteiger partial charge in [0.25, 0.3) is 5.91 Å². The number of carboxylic acids is 1. The summed E-state index contributed by atoms with van der Waals surface area (Å²) in [5.41, 5.74) is 0.434. The molecule has 1 fully saturated rings. The van der Waals surface area contributed by atoms with Crippen molar-refractivity contribution in [2.75, 3.05) is 6.54 Å². The van der Waals surface area contributed by atoms with E-state index in [1.807, 2.05) is 13.0 Å². The number of aliphatic carboxylic acids is 1. The Bertz CT molecular complexity index is 515. The van der Waals surface area contributed by atoms with Crippen LogP contribution in [-0.4, -0.2) is 23.5 Å². The number of carbonyl (C=O) groups excluding carboxylic acids is 1. The molecule has 1 aliphatic rings. The first-order chi connectivity index (χ1) is 9.48. The second-order valence-electron chi connectivity index (χ2n) is 5.52. The molecule has 0 spiro atoms. The Morgan fingerprint density at radius 2 is 2.05 bits per heavy atom. The van der Waals surface area contributed by atoms with Crippen LogP contribution in [0, 0.1) is 12.3 Å². The maximum atomic E-state index is 12.2. The smallest absolute Gasteiger partial charge is 0.311 e. The van der Waals surface area contributed by atoms with E-state index in [4.69, 9.17) is 0 Å². The highest BCUT2D eigenvalue weighted by Crippen LogP contribution is 2.37. The molecular weight excluding hydrogens is 274 g/mol. The first kappa shape index (κ1) is 15.0. The fourth-order valence-corrected chi connectivity index (χ4v) is 3.87. The summed E-state index contributed by atoms with van der Waals surface area (Å²) in [7, 11) is 0. The van der Waals surface area contributed by atoms with Gasteiger partial charge in [-0.05, 0) is 37.8 Å². The summed E-state index contributed by atoms with van der Waals surface area (Å²) in [4.78, 5) is 25.4. The molecule has 1 saturated carbocycles. The highest BCUT2D eigenvalue weighted by molar-refractivity contribution is 7.14. The zero-order valence-electron chi connectivity index (χ0n) is 12.0. The third kappa shape index (κ3) is 2.87. The quantitative estimate of drug-likeness (QED) is 0.877. The summed E-state index contributed by atoms with van der Waals surface area (Å²) in [5.74, 6) is -0.933. The van der Waals surface area contributed by atoms with Crippen LogP contribution in [0.5, 0.6) is 0 Å². The first-order valence-corrected chi connectivity index (χ1v) is 7.91. The molecule has 4 nitrogen and oxygen atoms in total. The predicted octanol–water partition coefficient (Wildman–Crippen LogP) is 2.99. The molecule has 1 aromatic rings. The highest BCUT2D eigenvalue weighted by Gasteiger charge is 2.41. The van der Waals surface area contributed by atoms with Crippen molar-refractivity contribution in [3.63, 3.8) is 0 Å². The van der Waals surface area contributed by atoms with Gasteiger partial charge in [-0.25, -0.2) is 0 Å². The molecule has 0 saturated heterocycles. The third-order valence-electron chi connectivity index (χ3n) is 4.23. The van der Waals surface area contributed by atoms with Crippen molar-refractivity contribution >= 4 is 23.2 Å². The molecule has 1 aromatic heterocycles. The van der Waals surface area contributed by atoms with Crippen molar-refractivity contribution in [1.82, 2.24) is 5.32 Å². The van der Waals surface area contributed by atoms with E-state index in [2.05, 4.69) is 12.2 Å². The summed E-state index contributed by atoms with van der Waals surface area (Å²) in [6.45, 7) is 4.31. The Kier molecular flexibility index (Phi) is 4.48. The molecule has 5 heteroatoms. The van der Waals surface area contributed by atoms with Crippen molar-refractivity contribution in [3.05, 3.63) is 21.4 Å². The molecule has 2 N–H and O–H groups in total. The van der Waals surface area contributed by atoms with Crippen molar-refractivity contribution in [2.45, 2.75) is 46.0 Å². The van der Waals surface area contributed by atoms with E-state index < -0.39 is 11.4 Å². The van der Waals surface area contributed by atoms with E-state index in [1.54, 1.807) is 0 Å². The minimum Gasteiger partial charge on any atom is -0.481 e. The Morgan fingerprint density at radius 3 is 2.55 bits per heavy atom. The predicted molar refractivity (Wildman–Crippen MR) is 79.3 cm³/mol. The van der Waals surface area contributed by atoms with E-state index in [9.17, 15) is 14.7 Å². The van der Waals surface area contributed by atoms with Crippen molar-refractivity contribution in [3.8, 4) is 0 Å². The SMILES string of the molecule is CCc1cc(C(=O)NCC2(C(=O)O)CCCC2)sc1C. The molecule has 0 unspecified atom stereocenters. The van der Waals surface area contributed by atoms with E-state index in [-0.39, 0.29) is 12.5 Å². The van der Waals surface area contributed by atoms with Crippen LogP contribution in [0.15, 0.2) is 6.07 Å². The van der Waals surface area contributed by atoms with Crippen LogP contribution in [0.3, 0.4) is 0 Å². The van der Waals surface area contributed by atoms with Gasteiger partial charge >= 0.3 is 5.97 Å². The van der Waals surface area contributed by atoms with Gasteiger partial charge in [-0.1, -0.05) is 19.8 Å². The standard InChI is InChI=1S/C15H21NO3S/c1-3-11-8-12(20-10(11)2)13(17)16-9-15(14(18)19)6-4-5-7-15/h8H,3-7,9H2,1-2H3,(H,16,17)(H,18,19). The van der Waals surface area contributed by atoms with Crippen LogP contribution >= 0.6 is 11.3 Å². The molecule has 1 amide bonds. The summed E-state index contributed by atoms with van der Waals surface area (Å²) < 4.78 is 0. The van der Waals surface area contributed by atoms with Crippen LogP contribution < -0.4 is 5.32 Å². The zero-order valence-corrected chi connectivity index (χ0v) is 12.8. The lowest BCUT2D eigenvalue weighted by molar-refractivity contribution is -0.148. The van der Waals surface area contributed by atoms with Crippen LogP contribution in [-0.2, 0) is 11.2 Å². The minimum absolute atomic E-state index is 0.148. The Hall–Kier alpha value is -1.36. The summed E-state index contributed by atoms with van der Waals surface area (Å²) in [5, 5.41) is 12.2. The number of aryl methyl sites for hydroxylation is 2. The van der Waals surface area contributed by atoms with Gasteiger partial charge in [0.15, 0.2) is 0 Å². The first-order valence-electron chi connectivity index (χ1n) is 7.09. The van der Waals surface area contributed by atoms with E-state index in [1.165, 1.54) is 16.9 Å². The lowest BCUT2D eigenvalue weighted by atomic mass is 9.86. The van der Waals surface area contributed by atoms with Gasteiger partial charge in [-0.3, -0.25) is 9.59 Å². The van der Waals surface area contributed by atoms with E-state index in [0.29, 0.717) is 17.7 Å². The maximum absolute atomic E-state index is 12.2. The lowest BCUT2D eigenvalue weighted by Crippen LogP contribution is -2.41. The van der Waals surface area contributed by atoms with Gasteiger partial charge in [-0.15, -0.1) is 11.3 Å². The monoisotopic (exact) mass is 295 g/mol. The van der Waals surface area contributed by atoms with E-state index >= 15 is 0 Å². The van der Waals surface area contributed by atoms with Crippen molar-refractivity contribution in [2.24, 2.45) is 5.41 Å². The largest absolute Gasteiger partial charge is 0.481 e. The average Bonchev–Trinajstić information content (AvgIpc) is 3.03. The fourth-order valence-electron chi connectivity index (χ4n) is 2.84. The molecule has 20 heavy (non-hydrogen) atoms. The second kappa shape index (κ2) is 5.95. The van der Waals surface area contributed by atoms with Crippen molar-refractivity contribution in [1.29, 1.82) is 0 Å². The number of carbonyl (C=O) groups is 2. The number of nitrogens with one attached hydrogen (secondary N) is 1. The fraction of sp³-hybridized carbons (Fsp3) is 0.600. The summed E-state index contributed by atoms with van der Waals surface area (Å²) in [6, 6.07) is 1.91. The summed E-state index contributed by atoms with van der Waals surface area (Å²) in [6.07, 6.45) is 4.09. The number of hydrogen-bond acceptors (Lipinski definition) is 3. The Labute approximate surface area is 123 Å². The van der Waals surface area contributed by atoms with Crippen LogP contribution in [0.4, 0.5) is 0 Å². The number of thiophene rings is 1. The van der Waals surface area contributed by atoms with Crippen molar-refractivity contribution < 1.29 is 14.7 Å². The molecule has 0 radical (unpaired) electrons. The van der Waals surface area contributed by atoms with Gasteiger partial charge in [0.2, 0.25) is 0 Å².